The molecule has 2 amide bonds. The van der Waals surface area contributed by atoms with E-state index in [0.29, 0.717) is 24.3 Å². The van der Waals surface area contributed by atoms with Crippen LogP contribution in [0.3, 0.4) is 0 Å². The molecule has 13 heteroatoms. The van der Waals surface area contributed by atoms with Gasteiger partial charge in [0.15, 0.2) is 0 Å². The number of hydrogen-bond donors (Lipinski definition) is 3. The molecule has 0 spiro atoms. The molecule has 0 aromatic heterocycles. The van der Waals surface area contributed by atoms with Crippen LogP contribution in [0.4, 0.5) is 21.0 Å². The molecule has 0 radical (unpaired) electrons. The van der Waals surface area contributed by atoms with Crippen LogP contribution in [0, 0.1) is 0 Å². The molecule has 1 atom stereocenters. The van der Waals surface area contributed by atoms with Crippen molar-refractivity contribution < 1.29 is 48.3 Å². The Morgan fingerprint density at radius 2 is 1.35 bits per heavy atom. The van der Waals surface area contributed by atoms with Gasteiger partial charge >= 0.3 is 24.1 Å². The maximum absolute atomic E-state index is 12.7. The minimum Gasteiger partial charge on any atom is -0.460 e. The second-order valence-electron chi connectivity index (χ2n) is 12.5. The number of aliphatic hydroxyl groups excluding tert-OH is 2. The number of amides is 2. The lowest BCUT2D eigenvalue weighted by Gasteiger charge is -2.25. The Kier molecular flexibility index (Phi) is 14.3. The van der Waals surface area contributed by atoms with E-state index in [9.17, 15) is 29.4 Å². The van der Waals surface area contributed by atoms with Gasteiger partial charge < -0.3 is 39.4 Å². The van der Waals surface area contributed by atoms with Gasteiger partial charge in [-0.15, -0.1) is 0 Å². The van der Waals surface area contributed by atoms with Gasteiger partial charge in [-0.2, -0.15) is 0 Å². The minimum absolute atomic E-state index is 0.0418. The molecule has 0 fully saturated rings. The van der Waals surface area contributed by atoms with Crippen LogP contribution in [-0.2, 0) is 30.4 Å². The number of benzene rings is 2. The fraction of sp³-hybridized carbons (Fsp3) is 0.515. The first-order chi connectivity index (χ1) is 21.5. The number of nitrogens with zero attached hydrogens (tertiary/aromatic N) is 2. The van der Waals surface area contributed by atoms with E-state index in [-0.39, 0.29) is 38.4 Å². The van der Waals surface area contributed by atoms with E-state index >= 15 is 0 Å². The van der Waals surface area contributed by atoms with Crippen molar-refractivity contribution in [1.82, 2.24) is 5.32 Å². The van der Waals surface area contributed by atoms with Crippen molar-refractivity contribution >= 4 is 35.5 Å². The van der Waals surface area contributed by atoms with Crippen LogP contribution in [0.2, 0.25) is 0 Å². The molecule has 0 aliphatic heterocycles. The number of carbonyl (C=O) groups is 4. The van der Waals surface area contributed by atoms with Crippen LogP contribution in [0.15, 0.2) is 48.5 Å². The quantitative estimate of drug-likeness (QED) is 0.200. The van der Waals surface area contributed by atoms with E-state index in [4.69, 9.17) is 18.9 Å². The normalized spacial score (nSPS) is 12.0. The fourth-order valence-corrected chi connectivity index (χ4v) is 4.05. The van der Waals surface area contributed by atoms with Crippen molar-refractivity contribution in [1.29, 1.82) is 0 Å². The van der Waals surface area contributed by atoms with E-state index in [1.807, 2.05) is 4.90 Å². The summed E-state index contributed by atoms with van der Waals surface area (Å²) in [6, 6.07) is 12.2. The zero-order chi connectivity index (χ0) is 34.5. The number of hydrogen-bond acceptors (Lipinski definition) is 11. The summed E-state index contributed by atoms with van der Waals surface area (Å²) in [5.74, 6) is -1.05. The molecule has 0 heterocycles. The van der Waals surface area contributed by atoms with E-state index in [1.165, 1.54) is 17.0 Å². The molecule has 254 valence electrons. The molecule has 3 N–H and O–H groups in total. The third-order valence-corrected chi connectivity index (χ3v) is 6.15. The lowest BCUT2D eigenvalue weighted by Crippen LogP contribution is -2.45. The highest BCUT2D eigenvalue weighted by atomic mass is 16.6. The Hall–Kier alpha value is -4.36. The molecular weight excluding hydrogens is 598 g/mol. The summed E-state index contributed by atoms with van der Waals surface area (Å²) in [4.78, 5) is 53.4. The Bertz CT molecular complexity index is 1280. The smallest absolute Gasteiger partial charge is 0.414 e. The Morgan fingerprint density at radius 1 is 0.804 bits per heavy atom. The van der Waals surface area contributed by atoms with Crippen LogP contribution in [0.25, 0.3) is 0 Å². The second-order valence-corrected chi connectivity index (χ2v) is 12.5. The van der Waals surface area contributed by atoms with E-state index in [1.54, 1.807) is 85.0 Å². The van der Waals surface area contributed by atoms with Crippen molar-refractivity contribution in [3.63, 3.8) is 0 Å². The topological polar surface area (TPSA) is 164 Å². The van der Waals surface area contributed by atoms with Gasteiger partial charge in [0, 0.05) is 37.9 Å². The lowest BCUT2D eigenvalue weighted by molar-refractivity contribution is -0.158. The fourth-order valence-electron chi connectivity index (χ4n) is 4.05. The molecule has 0 saturated carbocycles. The number of carbonyl (C=O) groups excluding carboxylic acids is 4. The molecule has 0 unspecified atom stereocenters. The maximum atomic E-state index is 12.7. The standard InChI is InChI=1S/C33H47N3O10/c1-32(2,3)45-28(39)17-16-27(29(40)46-33(4,5)6)34-30(41)44-26-14-8-23(9-15-26)22-43-31(42)35(7)24-10-12-25(13-11-24)36(18-20-37)19-21-38/h8-15,27,37-38H,16-22H2,1-7H3,(H,34,41)/t27-/m0/s1. The Morgan fingerprint density at radius 3 is 1.87 bits per heavy atom. The highest BCUT2D eigenvalue weighted by molar-refractivity contribution is 5.87. The van der Waals surface area contributed by atoms with Crippen LogP contribution < -0.4 is 19.9 Å². The third kappa shape index (κ3) is 13.7. The molecule has 0 saturated heterocycles. The maximum Gasteiger partial charge on any atom is 0.414 e. The van der Waals surface area contributed by atoms with Crippen LogP contribution in [0.1, 0.15) is 59.9 Å². The summed E-state index contributed by atoms with van der Waals surface area (Å²) in [7, 11) is 1.57. The van der Waals surface area contributed by atoms with Crippen molar-refractivity contribution in [2.45, 2.75) is 78.2 Å². The molecule has 0 aliphatic carbocycles. The molecule has 2 aromatic rings. The zero-order valence-corrected chi connectivity index (χ0v) is 27.7. The minimum atomic E-state index is -1.15. The van der Waals surface area contributed by atoms with Crippen LogP contribution in [-0.4, -0.2) is 84.9 Å². The second kappa shape index (κ2) is 17.4. The van der Waals surface area contributed by atoms with E-state index in [0.717, 1.165) is 5.69 Å². The van der Waals surface area contributed by atoms with Gasteiger partial charge in [0.1, 0.15) is 29.6 Å². The van der Waals surface area contributed by atoms with E-state index < -0.39 is 41.4 Å². The summed E-state index contributed by atoms with van der Waals surface area (Å²) in [6.07, 6.45) is -1.67. The zero-order valence-electron chi connectivity index (χ0n) is 27.7. The van der Waals surface area contributed by atoms with Gasteiger partial charge in [-0.25, -0.2) is 14.4 Å². The van der Waals surface area contributed by atoms with Gasteiger partial charge in [0.25, 0.3) is 0 Å². The van der Waals surface area contributed by atoms with Crippen molar-refractivity contribution in [3.05, 3.63) is 54.1 Å². The molecular formula is C33H47N3O10. The molecule has 2 aromatic carbocycles. The summed E-state index contributed by atoms with van der Waals surface area (Å²) in [5, 5.41) is 20.9. The summed E-state index contributed by atoms with van der Waals surface area (Å²) >= 11 is 0. The molecule has 2 rings (SSSR count). The largest absolute Gasteiger partial charge is 0.460 e. The van der Waals surface area contributed by atoms with Crippen LogP contribution in [0.5, 0.6) is 5.75 Å². The predicted octanol–water partition coefficient (Wildman–Crippen LogP) is 4.17. The number of aliphatic hydroxyl groups is 2. The third-order valence-electron chi connectivity index (χ3n) is 6.15. The average molecular weight is 646 g/mol. The number of nitrogens with one attached hydrogen (secondary N) is 1. The first kappa shape index (κ1) is 37.8. The highest BCUT2D eigenvalue weighted by Crippen LogP contribution is 2.21. The molecule has 13 nitrogen and oxygen atoms in total. The predicted molar refractivity (Wildman–Crippen MR) is 172 cm³/mol. The summed E-state index contributed by atoms with van der Waals surface area (Å²) < 4.78 is 21.4. The molecule has 46 heavy (non-hydrogen) atoms. The Balaban J connectivity index is 1.94. The van der Waals surface area contributed by atoms with Gasteiger partial charge in [0.2, 0.25) is 0 Å². The summed E-state index contributed by atoms with van der Waals surface area (Å²) in [6.45, 7) is 10.9. The van der Waals surface area contributed by atoms with E-state index in [2.05, 4.69) is 5.32 Å². The van der Waals surface area contributed by atoms with Crippen LogP contribution >= 0.6 is 0 Å². The van der Waals surface area contributed by atoms with Crippen molar-refractivity contribution in [2.24, 2.45) is 0 Å². The summed E-state index contributed by atoms with van der Waals surface area (Å²) in [5.41, 5.74) is 0.522. The number of anilines is 2. The molecule has 0 bridgehead atoms. The highest BCUT2D eigenvalue weighted by Gasteiger charge is 2.29. The Labute approximate surface area is 270 Å². The van der Waals surface area contributed by atoms with Gasteiger partial charge in [-0.05, 0) is 89.9 Å². The van der Waals surface area contributed by atoms with Gasteiger partial charge in [-0.3, -0.25) is 9.69 Å². The monoisotopic (exact) mass is 645 g/mol. The average Bonchev–Trinajstić information content (AvgIpc) is 2.96. The SMILES string of the molecule is CN(C(=O)OCc1ccc(OC(=O)N[C@@H](CCC(=O)OC(C)(C)C)C(=O)OC(C)(C)C)cc1)c1ccc(N(CCO)CCO)cc1. The van der Waals surface area contributed by atoms with Gasteiger partial charge in [0.05, 0.1) is 13.2 Å². The van der Waals surface area contributed by atoms with Crippen molar-refractivity contribution in [3.8, 4) is 5.75 Å². The number of esters is 2. The molecule has 0 aliphatic rings. The first-order valence-electron chi connectivity index (χ1n) is 15.0. The van der Waals surface area contributed by atoms with Gasteiger partial charge in [-0.1, -0.05) is 12.1 Å². The van der Waals surface area contributed by atoms with Crippen molar-refractivity contribution in [2.75, 3.05) is 43.2 Å². The number of rotatable bonds is 14. The lowest BCUT2D eigenvalue weighted by atomic mass is 10.1. The first-order valence-corrected chi connectivity index (χ1v) is 15.0. The number of ether oxygens (including phenoxy) is 4.